The van der Waals surface area contributed by atoms with Crippen molar-refractivity contribution in [1.29, 1.82) is 0 Å². The van der Waals surface area contributed by atoms with Crippen LogP contribution in [0.2, 0.25) is 0 Å². The Labute approximate surface area is 177 Å². The molecule has 0 unspecified atom stereocenters. The number of rotatable bonds is 5. The normalized spacial score (nSPS) is 14.9. The van der Waals surface area contributed by atoms with Gasteiger partial charge in [0, 0.05) is 14.9 Å². The minimum absolute atomic E-state index is 0.0648. The van der Waals surface area contributed by atoms with E-state index in [1.54, 1.807) is 30.3 Å². The summed E-state index contributed by atoms with van der Waals surface area (Å²) in [6.07, 6.45) is 4.72. The maximum atomic E-state index is 13.4. The van der Waals surface area contributed by atoms with E-state index in [4.69, 9.17) is 0 Å². The first-order valence-electron chi connectivity index (χ1n) is 9.40. The third kappa shape index (κ3) is 6.00. The Morgan fingerprint density at radius 3 is 2.36 bits per heavy atom. The van der Waals surface area contributed by atoms with Gasteiger partial charge in [0.05, 0.1) is 12.1 Å². The van der Waals surface area contributed by atoms with Crippen molar-refractivity contribution in [2.45, 2.75) is 25.7 Å². The van der Waals surface area contributed by atoms with Crippen molar-refractivity contribution in [3.8, 4) is 0 Å². The van der Waals surface area contributed by atoms with Crippen LogP contribution in [0.15, 0.2) is 42.5 Å². The molecular weight excluding hydrogens is 472 g/mol. The van der Waals surface area contributed by atoms with Crippen LogP contribution in [0, 0.1) is 9.39 Å². The van der Waals surface area contributed by atoms with Gasteiger partial charge in [-0.25, -0.2) is 4.39 Å². The van der Waals surface area contributed by atoms with Crippen LogP contribution >= 0.6 is 22.6 Å². The lowest BCUT2D eigenvalue weighted by Crippen LogP contribution is -2.33. The van der Waals surface area contributed by atoms with Crippen LogP contribution in [0.5, 0.6) is 0 Å². The lowest BCUT2D eigenvalue weighted by atomic mass is 10.2. The lowest BCUT2D eigenvalue weighted by molar-refractivity contribution is -0.117. The molecule has 1 heterocycles. The number of nitrogens with one attached hydrogen (secondary N) is 2. The number of hydrogen-bond acceptors (Lipinski definition) is 3. The summed E-state index contributed by atoms with van der Waals surface area (Å²) in [4.78, 5) is 27.0. The molecule has 2 aromatic carbocycles. The van der Waals surface area contributed by atoms with Crippen molar-refractivity contribution in [3.05, 3.63) is 57.4 Å². The number of hydrogen-bond donors (Lipinski definition) is 2. The highest BCUT2D eigenvalue weighted by Crippen LogP contribution is 2.19. The standard InChI is InChI=1S/C21H23FIN3O2/c22-15-8-9-19(23)18(12-15)21(28)25-17-7-5-6-16(13-17)24-20(27)14-26-10-3-1-2-4-11-26/h5-9,12-13H,1-4,10-11,14H2,(H,24,27)(H,25,28). The number of nitrogens with zero attached hydrogens (tertiary/aromatic N) is 1. The van der Waals surface area contributed by atoms with Crippen LogP contribution in [0.4, 0.5) is 15.8 Å². The highest BCUT2D eigenvalue weighted by molar-refractivity contribution is 14.1. The van der Waals surface area contributed by atoms with Crippen LogP contribution in [0.3, 0.4) is 0 Å². The van der Waals surface area contributed by atoms with E-state index >= 15 is 0 Å². The van der Waals surface area contributed by atoms with Gasteiger partial charge in [0.2, 0.25) is 5.91 Å². The topological polar surface area (TPSA) is 61.4 Å². The Kier molecular flexibility index (Phi) is 7.38. The molecular formula is C21H23FIN3O2. The van der Waals surface area contributed by atoms with Crippen LogP contribution in [0.25, 0.3) is 0 Å². The van der Waals surface area contributed by atoms with Crippen molar-refractivity contribution in [2.24, 2.45) is 0 Å². The lowest BCUT2D eigenvalue weighted by Gasteiger charge is -2.19. The summed E-state index contributed by atoms with van der Waals surface area (Å²) in [5.74, 6) is -0.915. The summed E-state index contributed by atoms with van der Waals surface area (Å²) in [5, 5.41) is 5.65. The molecule has 1 aliphatic heterocycles. The summed E-state index contributed by atoms with van der Waals surface area (Å²) >= 11 is 2.00. The van der Waals surface area contributed by atoms with E-state index in [0.29, 0.717) is 21.5 Å². The second kappa shape index (κ2) is 9.97. The predicted molar refractivity (Wildman–Crippen MR) is 117 cm³/mol. The maximum Gasteiger partial charge on any atom is 0.256 e. The van der Waals surface area contributed by atoms with Crippen LogP contribution in [-0.4, -0.2) is 36.3 Å². The van der Waals surface area contributed by atoms with Gasteiger partial charge >= 0.3 is 0 Å². The molecule has 0 bridgehead atoms. The van der Waals surface area contributed by atoms with E-state index in [9.17, 15) is 14.0 Å². The summed E-state index contributed by atoms with van der Waals surface area (Å²) in [5.41, 5.74) is 1.43. The average Bonchev–Trinajstić information content (AvgIpc) is 2.92. The van der Waals surface area contributed by atoms with Crippen molar-refractivity contribution in [2.75, 3.05) is 30.3 Å². The largest absolute Gasteiger partial charge is 0.325 e. The second-order valence-corrected chi connectivity index (χ2v) is 8.06. The number of amides is 2. The summed E-state index contributed by atoms with van der Waals surface area (Å²) in [7, 11) is 0. The van der Waals surface area contributed by atoms with Gasteiger partial charge in [-0.2, -0.15) is 0 Å². The van der Waals surface area contributed by atoms with E-state index in [2.05, 4.69) is 15.5 Å². The maximum absolute atomic E-state index is 13.4. The molecule has 0 saturated carbocycles. The fourth-order valence-corrected chi connectivity index (χ4v) is 3.82. The number of benzene rings is 2. The van der Waals surface area contributed by atoms with Crippen LogP contribution < -0.4 is 10.6 Å². The van der Waals surface area contributed by atoms with Crippen molar-refractivity contribution in [3.63, 3.8) is 0 Å². The fraction of sp³-hybridized carbons (Fsp3) is 0.333. The number of carbonyl (C=O) groups is 2. The second-order valence-electron chi connectivity index (χ2n) is 6.90. The molecule has 7 heteroatoms. The molecule has 2 amide bonds. The molecule has 28 heavy (non-hydrogen) atoms. The Morgan fingerprint density at radius 1 is 0.964 bits per heavy atom. The Morgan fingerprint density at radius 2 is 1.64 bits per heavy atom. The van der Waals surface area contributed by atoms with Gasteiger partial charge in [0.25, 0.3) is 5.91 Å². The molecule has 1 saturated heterocycles. The van der Waals surface area contributed by atoms with Gasteiger partial charge in [-0.1, -0.05) is 18.9 Å². The molecule has 0 aromatic heterocycles. The zero-order valence-corrected chi connectivity index (χ0v) is 17.7. The molecule has 0 aliphatic carbocycles. The Hall–Kier alpha value is -2.00. The average molecular weight is 495 g/mol. The first-order valence-corrected chi connectivity index (χ1v) is 10.5. The summed E-state index contributed by atoms with van der Waals surface area (Å²) in [6.45, 7) is 2.28. The minimum Gasteiger partial charge on any atom is -0.325 e. The molecule has 0 atom stereocenters. The Balaban J connectivity index is 1.61. The number of anilines is 2. The first kappa shape index (κ1) is 20.7. The van der Waals surface area contributed by atoms with Gasteiger partial charge in [-0.15, -0.1) is 0 Å². The van der Waals surface area contributed by atoms with Gasteiger partial charge in [0.15, 0.2) is 0 Å². The van der Waals surface area contributed by atoms with Crippen LogP contribution in [-0.2, 0) is 4.79 Å². The van der Waals surface area contributed by atoms with Crippen molar-refractivity contribution < 1.29 is 14.0 Å². The summed E-state index contributed by atoms with van der Waals surface area (Å²) in [6, 6.07) is 11.1. The zero-order chi connectivity index (χ0) is 19.9. The van der Waals surface area contributed by atoms with E-state index in [0.717, 1.165) is 25.9 Å². The zero-order valence-electron chi connectivity index (χ0n) is 15.5. The van der Waals surface area contributed by atoms with Crippen LogP contribution in [0.1, 0.15) is 36.0 Å². The molecule has 0 spiro atoms. The van der Waals surface area contributed by atoms with Crippen molar-refractivity contribution >= 4 is 45.8 Å². The minimum atomic E-state index is -0.458. The Bertz CT molecular complexity index is 851. The monoisotopic (exact) mass is 495 g/mol. The third-order valence-corrected chi connectivity index (χ3v) is 5.58. The van der Waals surface area contributed by atoms with E-state index < -0.39 is 11.7 Å². The SMILES string of the molecule is O=C(CN1CCCCCC1)Nc1cccc(NC(=O)c2cc(F)ccc2I)c1. The first-order chi connectivity index (χ1) is 13.5. The molecule has 1 aliphatic rings. The smallest absolute Gasteiger partial charge is 0.256 e. The van der Waals surface area contributed by atoms with E-state index in [1.165, 1.54) is 25.0 Å². The van der Waals surface area contributed by atoms with Gasteiger partial charge in [-0.3, -0.25) is 14.5 Å². The highest BCUT2D eigenvalue weighted by Gasteiger charge is 2.14. The molecule has 5 nitrogen and oxygen atoms in total. The number of likely N-dealkylation sites (tertiary alicyclic amines) is 1. The number of carbonyl (C=O) groups excluding carboxylic acids is 2. The van der Waals surface area contributed by atoms with Gasteiger partial charge in [0.1, 0.15) is 5.82 Å². The fourth-order valence-electron chi connectivity index (χ4n) is 3.24. The molecule has 3 rings (SSSR count). The van der Waals surface area contributed by atoms with Crippen molar-refractivity contribution in [1.82, 2.24) is 4.90 Å². The van der Waals surface area contributed by atoms with Gasteiger partial charge in [-0.05, 0) is 84.9 Å². The molecule has 2 aromatic rings. The molecule has 148 valence electrons. The third-order valence-electron chi connectivity index (χ3n) is 4.64. The van der Waals surface area contributed by atoms with E-state index in [1.807, 2.05) is 22.6 Å². The summed E-state index contributed by atoms with van der Waals surface area (Å²) < 4.78 is 14.1. The number of halogens is 2. The predicted octanol–water partition coefficient (Wildman–Crippen LogP) is 4.50. The quantitative estimate of drug-likeness (QED) is 0.601. The van der Waals surface area contributed by atoms with E-state index in [-0.39, 0.29) is 11.5 Å². The molecule has 0 radical (unpaired) electrons. The molecule has 2 N–H and O–H groups in total. The highest BCUT2D eigenvalue weighted by atomic mass is 127. The van der Waals surface area contributed by atoms with Gasteiger partial charge < -0.3 is 10.6 Å². The molecule has 1 fully saturated rings.